The van der Waals surface area contributed by atoms with E-state index in [1.165, 1.54) is 0 Å². The minimum atomic E-state index is -0.267. The number of alkyl halides is 2. The molecule has 0 spiro atoms. The van der Waals surface area contributed by atoms with Crippen LogP contribution in [0, 0.1) is 0 Å². The van der Waals surface area contributed by atoms with Crippen LogP contribution in [0.15, 0.2) is 0 Å². The average molecular weight is 227 g/mol. The number of hydrogen-bond donors (Lipinski definition) is 0. The molecule has 0 fully saturated rings. The summed E-state index contributed by atoms with van der Waals surface area (Å²) in [6.07, 6.45) is 3.55. The summed E-state index contributed by atoms with van der Waals surface area (Å²) in [6.45, 7) is 2.31. The molecule has 78 valence electrons. The molecule has 0 saturated heterocycles. The predicted octanol–water partition coefficient (Wildman–Crippen LogP) is 2.96. The van der Waals surface area contributed by atoms with Gasteiger partial charge in [-0.3, -0.25) is 4.79 Å². The lowest BCUT2D eigenvalue weighted by Gasteiger charge is -2.06. The Labute approximate surface area is 89.5 Å². The number of carbonyl (C=O) groups excluding carboxylic acids is 1. The van der Waals surface area contributed by atoms with E-state index in [1.807, 2.05) is 0 Å². The maximum absolute atomic E-state index is 11.0. The van der Waals surface area contributed by atoms with E-state index in [9.17, 15) is 4.79 Å². The molecule has 0 bridgehead atoms. The van der Waals surface area contributed by atoms with Crippen LogP contribution < -0.4 is 0 Å². The molecule has 0 aliphatic carbocycles. The fraction of sp³-hybridized carbons (Fsp3) is 0.889. The van der Waals surface area contributed by atoms with Gasteiger partial charge in [0, 0.05) is 12.3 Å². The third kappa shape index (κ3) is 8.38. The Morgan fingerprint density at radius 2 is 2.15 bits per heavy atom. The highest BCUT2D eigenvalue weighted by molar-refractivity contribution is 6.28. The van der Waals surface area contributed by atoms with Gasteiger partial charge in [0.05, 0.1) is 5.38 Å². The molecular formula is C9H16Cl2O2. The summed E-state index contributed by atoms with van der Waals surface area (Å²) in [6, 6.07) is 0. The summed E-state index contributed by atoms with van der Waals surface area (Å²) in [5.74, 6) is 0.133. The summed E-state index contributed by atoms with van der Waals surface area (Å²) in [5, 5.41) is -0.267. The monoisotopic (exact) mass is 226 g/mol. The van der Waals surface area contributed by atoms with Gasteiger partial charge in [-0.2, -0.15) is 0 Å². The Bertz CT molecular complexity index is 140. The Hall–Kier alpha value is 0.0500. The highest BCUT2D eigenvalue weighted by atomic mass is 35.5. The van der Waals surface area contributed by atoms with Crippen LogP contribution in [0.5, 0.6) is 0 Å². The van der Waals surface area contributed by atoms with Gasteiger partial charge in [-0.25, -0.2) is 0 Å². The number of ether oxygens (including phenoxy) is 1. The second-order valence-corrected chi connectivity index (χ2v) is 3.82. The molecule has 0 rings (SSSR count). The van der Waals surface area contributed by atoms with E-state index in [0.717, 1.165) is 19.3 Å². The van der Waals surface area contributed by atoms with Gasteiger partial charge in [0.2, 0.25) is 0 Å². The molecule has 1 unspecified atom stereocenters. The van der Waals surface area contributed by atoms with Gasteiger partial charge in [0.15, 0.2) is 0 Å². The normalized spacial score (nSPS) is 12.5. The highest BCUT2D eigenvalue weighted by Gasteiger charge is 2.07. The van der Waals surface area contributed by atoms with Crippen molar-refractivity contribution in [2.24, 2.45) is 0 Å². The number of esters is 1. The van der Waals surface area contributed by atoms with E-state index in [1.54, 1.807) is 0 Å². The molecule has 4 heteroatoms. The van der Waals surface area contributed by atoms with Gasteiger partial charge in [-0.15, -0.1) is 23.2 Å². The summed E-state index contributed by atoms with van der Waals surface area (Å²) in [5.41, 5.74) is 0. The van der Waals surface area contributed by atoms with Crippen LogP contribution in [0.4, 0.5) is 0 Å². The first kappa shape index (κ1) is 13.1. The lowest BCUT2D eigenvalue weighted by molar-refractivity contribution is -0.143. The zero-order valence-corrected chi connectivity index (χ0v) is 9.40. The van der Waals surface area contributed by atoms with Crippen molar-refractivity contribution in [3.8, 4) is 0 Å². The number of unbranched alkanes of at least 4 members (excludes halogenated alkanes) is 2. The van der Waals surface area contributed by atoms with Gasteiger partial charge < -0.3 is 4.74 Å². The Morgan fingerprint density at radius 3 is 2.69 bits per heavy atom. The van der Waals surface area contributed by atoms with Crippen LogP contribution in [-0.2, 0) is 9.53 Å². The molecule has 0 heterocycles. The maximum atomic E-state index is 11.0. The third-order valence-electron chi connectivity index (χ3n) is 1.58. The first-order valence-electron chi connectivity index (χ1n) is 4.56. The van der Waals surface area contributed by atoms with Crippen LogP contribution in [0.1, 0.15) is 32.6 Å². The van der Waals surface area contributed by atoms with Gasteiger partial charge in [-0.05, 0) is 6.42 Å². The first-order valence-corrected chi connectivity index (χ1v) is 5.53. The van der Waals surface area contributed by atoms with Crippen LogP contribution in [-0.4, -0.2) is 23.8 Å². The largest absolute Gasteiger partial charge is 0.464 e. The maximum Gasteiger partial charge on any atom is 0.305 e. The van der Waals surface area contributed by atoms with Crippen LogP contribution in [0.2, 0.25) is 0 Å². The lowest BCUT2D eigenvalue weighted by atomic mass is 10.2. The smallest absolute Gasteiger partial charge is 0.305 e. The minimum absolute atomic E-state index is 0.177. The second kappa shape index (κ2) is 8.64. The third-order valence-corrected chi connectivity index (χ3v) is 2.39. The number of halogens is 2. The molecule has 0 saturated carbocycles. The van der Waals surface area contributed by atoms with Gasteiger partial charge in [-0.1, -0.05) is 19.8 Å². The molecule has 0 aromatic carbocycles. The molecule has 0 amide bonds. The van der Waals surface area contributed by atoms with E-state index in [2.05, 4.69) is 6.92 Å². The van der Waals surface area contributed by atoms with E-state index in [-0.39, 0.29) is 18.0 Å². The fourth-order valence-corrected chi connectivity index (χ4v) is 0.971. The van der Waals surface area contributed by atoms with E-state index in [4.69, 9.17) is 27.9 Å². The number of carbonyl (C=O) groups is 1. The molecule has 0 aromatic heterocycles. The quantitative estimate of drug-likeness (QED) is 0.379. The molecule has 0 aliphatic heterocycles. The van der Waals surface area contributed by atoms with Crippen molar-refractivity contribution in [1.29, 1.82) is 0 Å². The van der Waals surface area contributed by atoms with Crippen LogP contribution >= 0.6 is 23.2 Å². The average Bonchev–Trinajstić information content (AvgIpc) is 2.14. The lowest BCUT2D eigenvalue weighted by Crippen LogP contribution is -2.15. The minimum Gasteiger partial charge on any atom is -0.464 e. The predicted molar refractivity (Wildman–Crippen MR) is 55.5 cm³/mol. The van der Waals surface area contributed by atoms with E-state index < -0.39 is 0 Å². The number of rotatable bonds is 7. The highest BCUT2D eigenvalue weighted by Crippen LogP contribution is 2.03. The zero-order chi connectivity index (χ0) is 10.1. The summed E-state index contributed by atoms with van der Waals surface area (Å²) < 4.78 is 4.89. The molecule has 0 radical (unpaired) electrons. The van der Waals surface area contributed by atoms with Crippen molar-refractivity contribution in [3.63, 3.8) is 0 Å². The van der Waals surface area contributed by atoms with Crippen molar-refractivity contribution in [1.82, 2.24) is 0 Å². The van der Waals surface area contributed by atoms with E-state index in [0.29, 0.717) is 12.3 Å². The van der Waals surface area contributed by atoms with Crippen LogP contribution in [0.25, 0.3) is 0 Å². The number of hydrogen-bond acceptors (Lipinski definition) is 2. The molecule has 0 aliphatic rings. The SMILES string of the molecule is CCCCCC(=O)OCC(Cl)CCl. The fourth-order valence-electron chi connectivity index (χ4n) is 0.819. The molecule has 2 nitrogen and oxygen atoms in total. The molecular weight excluding hydrogens is 211 g/mol. The Kier molecular flexibility index (Phi) is 8.67. The molecule has 0 aromatic rings. The van der Waals surface area contributed by atoms with Crippen molar-refractivity contribution < 1.29 is 9.53 Å². The molecule has 0 N–H and O–H groups in total. The summed E-state index contributed by atoms with van der Waals surface area (Å²) in [7, 11) is 0. The summed E-state index contributed by atoms with van der Waals surface area (Å²) in [4.78, 5) is 11.0. The van der Waals surface area contributed by atoms with E-state index >= 15 is 0 Å². The van der Waals surface area contributed by atoms with Crippen molar-refractivity contribution in [3.05, 3.63) is 0 Å². The van der Waals surface area contributed by atoms with Gasteiger partial charge in [0.25, 0.3) is 0 Å². The van der Waals surface area contributed by atoms with Crippen molar-refractivity contribution in [2.75, 3.05) is 12.5 Å². The topological polar surface area (TPSA) is 26.3 Å². The van der Waals surface area contributed by atoms with Crippen LogP contribution in [0.3, 0.4) is 0 Å². The standard InChI is InChI=1S/C9H16Cl2O2/c1-2-3-4-5-9(12)13-7-8(11)6-10/h8H,2-7H2,1H3. The molecule has 13 heavy (non-hydrogen) atoms. The Balaban J connectivity index is 3.30. The molecule has 1 atom stereocenters. The zero-order valence-electron chi connectivity index (χ0n) is 7.89. The van der Waals surface area contributed by atoms with Crippen molar-refractivity contribution in [2.45, 2.75) is 38.0 Å². The van der Waals surface area contributed by atoms with Gasteiger partial charge >= 0.3 is 5.97 Å². The Morgan fingerprint density at radius 1 is 1.46 bits per heavy atom. The van der Waals surface area contributed by atoms with Crippen molar-refractivity contribution >= 4 is 29.2 Å². The summed E-state index contributed by atoms with van der Waals surface area (Å²) >= 11 is 11.1. The van der Waals surface area contributed by atoms with Gasteiger partial charge in [0.1, 0.15) is 6.61 Å². The second-order valence-electron chi connectivity index (χ2n) is 2.89. The first-order chi connectivity index (χ1) is 6.20.